The van der Waals surface area contributed by atoms with E-state index in [9.17, 15) is 9.90 Å². The number of aryl methyl sites for hydroxylation is 1. The number of carbonyl (C=O) groups excluding carboxylic acids is 1. The number of rotatable bonds is 5. The van der Waals surface area contributed by atoms with Gasteiger partial charge in [-0.3, -0.25) is 4.79 Å². The first-order valence-electron chi connectivity index (χ1n) is 9.77. The number of anilines is 1. The van der Waals surface area contributed by atoms with E-state index in [0.29, 0.717) is 36.9 Å². The van der Waals surface area contributed by atoms with Crippen LogP contribution in [0.15, 0.2) is 42.5 Å². The summed E-state index contributed by atoms with van der Waals surface area (Å²) in [5.41, 5.74) is 2.34. The van der Waals surface area contributed by atoms with Gasteiger partial charge in [0, 0.05) is 18.5 Å². The molecule has 4 rings (SSSR count). The standard InChI is InChI=1S/C22H24N4O3/c1-3-29-22(28)16-11-23-12-18(16)25-20-14-6-4-5-7-17(14)24-21(26-20)15-10-13(2)8-9-19(15)27/h4-10,16,18,23,27H,3,11-12H2,1-2H3,(H,24,25,26)/t16-,18?/m1/s1. The van der Waals surface area contributed by atoms with E-state index in [0.717, 1.165) is 16.5 Å². The van der Waals surface area contributed by atoms with Crippen LogP contribution < -0.4 is 10.6 Å². The lowest BCUT2D eigenvalue weighted by molar-refractivity contribution is -0.147. The molecule has 0 saturated carbocycles. The number of carbonyl (C=O) groups is 1. The Morgan fingerprint density at radius 3 is 2.90 bits per heavy atom. The summed E-state index contributed by atoms with van der Waals surface area (Å²) in [6.07, 6.45) is 0. The average molecular weight is 392 g/mol. The van der Waals surface area contributed by atoms with Gasteiger partial charge in [-0.1, -0.05) is 23.8 Å². The van der Waals surface area contributed by atoms with Crippen LogP contribution in [0.3, 0.4) is 0 Å². The summed E-state index contributed by atoms with van der Waals surface area (Å²) < 4.78 is 5.22. The highest BCUT2D eigenvalue weighted by Gasteiger charge is 2.34. The van der Waals surface area contributed by atoms with E-state index in [1.54, 1.807) is 13.0 Å². The molecule has 0 amide bonds. The maximum atomic E-state index is 12.3. The Morgan fingerprint density at radius 1 is 1.24 bits per heavy atom. The summed E-state index contributed by atoms with van der Waals surface area (Å²) in [7, 11) is 0. The second kappa shape index (κ2) is 8.05. The van der Waals surface area contributed by atoms with Gasteiger partial charge in [-0.15, -0.1) is 0 Å². The minimum absolute atomic E-state index is 0.128. The molecule has 0 spiro atoms. The summed E-state index contributed by atoms with van der Waals surface area (Å²) >= 11 is 0. The van der Waals surface area contributed by atoms with Gasteiger partial charge in [0.05, 0.1) is 29.6 Å². The zero-order valence-electron chi connectivity index (χ0n) is 16.5. The van der Waals surface area contributed by atoms with Gasteiger partial charge in [-0.25, -0.2) is 9.97 Å². The van der Waals surface area contributed by atoms with Gasteiger partial charge in [0.15, 0.2) is 5.82 Å². The number of hydrogen-bond donors (Lipinski definition) is 3. The molecule has 3 N–H and O–H groups in total. The number of fused-ring (bicyclic) bond motifs is 1. The van der Waals surface area contributed by atoms with E-state index >= 15 is 0 Å². The lowest BCUT2D eigenvalue weighted by Gasteiger charge is -2.20. The van der Waals surface area contributed by atoms with Crippen LogP contribution in [0.1, 0.15) is 12.5 Å². The van der Waals surface area contributed by atoms with Crippen molar-refractivity contribution in [2.45, 2.75) is 19.9 Å². The van der Waals surface area contributed by atoms with Crippen molar-refractivity contribution >= 4 is 22.7 Å². The van der Waals surface area contributed by atoms with Crippen molar-refractivity contribution in [1.29, 1.82) is 0 Å². The van der Waals surface area contributed by atoms with Gasteiger partial charge < -0.3 is 20.5 Å². The molecule has 0 aliphatic carbocycles. The largest absolute Gasteiger partial charge is 0.507 e. The molecule has 1 saturated heterocycles. The fourth-order valence-corrected chi connectivity index (χ4v) is 3.64. The van der Waals surface area contributed by atoms with Gasteiger partial charge in [0.2, 0.25) is 0 Å². The third kappa shape index (κ3) is 3.86. The topological polar surface area (TPSA) is 96.4 Å². The van der Waals surface area contributed by atoms with Gasteiger partial charge >= 0.3 is 5.97 Å². The molecule has 1 aromatic heterocycles. The number of nitrogens with zero attached hydrogens (tertiary/aromatic N) is 2. The van der Waals surface area contributed by atoms with Crippen LogP contribution >= 0.6 is 0 Å². The van der Waals surface area contributed by atoms with Crippen molar-refractivity contribution in [2.24, 2.45) is 5.92 Å². The average Bonchev–Trinajstić information content (AvgIpc) is 3.18. The molecule has 0 radical (unpaired) electrons. The van der Waals surface area contributed by atoms with Crippen molar-refractivity contribution in [1.82, 2.24) is 15.3 Å². The van der Waals surface area contributed by atoms with Crippen molar-refractivity contribution < 1.29 is 14.6 Å². The number of esters is 1. The summed E-state index contributed by atoms with van der Waals surface area (Å²) in [6, 6.07) is 12.9. The highest BCUT2D eigenvalue weighted by Crippen LogP contribution is 2.31. The van der Waals surface area contributed by atoms with Gasteiger partial charge in [-0.2, -0.15) is 0 Å². The van der Waals surface area contributed by atoms with Crippen molar-refractivity contribution in [3.63, 3.8) is 0 Å². The number of hydrogen-bond acceptors (Lipinski definition) is 7. The Kier molecular flexibility index (Phi) is 5.31. The Hall–Kier alpha value is -3.19. The third-order valence-corrected chi connectivity index (χ3v) is 5.12. The van der Waals surface area contributed by atoms with Crippen molar-refractivity contribution in [3.05, 3.63) is 48.0 Å². The number of ether oxygens (including phenoxy) is 1. The van der Waals surface area contributed by atoms with E-state index in [1.165, 1.54) is 0 Å². The number of phenols is 1. The lowest BCUT2D eigenvalue weighted by Crippen LogP contribution is -2.35. The van der Waals surface area contributed by atoms with Gasteiger partial charge in [0.25, 0.3) is 0 Å². The van der Waals surface area contributed by atoms with Gasteiger partial charge in [-0.05, 0) is 38.1 Å². The number of aromatic hydroxyl groups is 1. The number of phenolic OH excluding ortho intramolecular Hbond substituents is 1. The molecule has 2 heterocycles. The number of nitrogens with one attached hydrogen (secondary N) is 2. The van der Waals surface area contributed by atoms with E-state index in [1.807, 2.05) is 43.3 Å². The van der Waals surface area contributed by atoms with Crippen LogP contribution in [0.2, 0.25) is 0 Å². The van der Waals surface area contributed by atoms with Crippen LogP contribution in [0.5, 0.6) is 5.75 Å². The molecule has 29 heavy (non-hydrogen) atoms. The van der Waals surface area contributed by atoms with Crippen LogP contribution in [-0.2, 0) is 9.53 Å². The fourth-order valence-electron chi connectivity index (χ4n) is 3.64. The first kappa shape index (κ1) is 19.1. The Balaban J connectivity index is 1.75. The quantitative estimate of drug-likeness (QED) is 0.575. The minimum atomic E-state index is -0.292. The van der Waals surface area contributed by atoms with Crippen LogP contribution in [-0.4, -0.2) is 46.8 Å². The Morgan fingerprint density at radius 2 is 2.07 bits per heavy atom. The highest BCUT2D eigenvalue weighted by atomic mass is 16.5. The first-order chi connectivity index (χ1) is 14.1. The number of benzene rings is 2. The molecular formula is C22H24N4O3. The summed E-state index contributed by atoms with van der Waals surface area (Å²) in [5, 5.41) is 17.9. The molecule has 1 unspecified atom stereocenters. The summed E-state index contributed by atoms with van der Waals surface area (Å²) in [6.45, 7) is 5.31. The molecule has 2 aromatic carbocycles. The maximum Gasteiger partial charge on any atom is 0.312 e. The molecule has 7 heteroatoms. The zero-order chi connectivity index (χ0) is 20.4. The predicted molar refractivity (Wildman–Crippen MR) is 112 cm³/mol. The predicted octanol–water partition coefficient (Wildman–Crippen LogP) is 2.87. The minimum Gasteiger partial charge on any atom is -0.507 e. The lowest BCUT2D eigenvalue weighted by atomic mass is 10.0. The van der Waals surface area contributed by atoms with Crippen LogP contribution in [0.4, 0.5) is 5.82 Å². The van der Waals surface area contributed by atoms with E-state index in [2.05, 4.69) is 15.6 Å². The number of aromatic nitrogens is 2. The van der Waals surface area contributed by atoms with E-state index in [4.69, 9.17) is 9.72 Å². The smallest absolute Gasteiger partial charge is 0.312 e. The third-order valence-electron chi connectivity index (χ3n) is 5.12. The second-order valence-corrected chi connectivity index (χ2v) is 7.20. The van der Waals surface area contributed by atoms with Crippen molar-refractivity contribution in [3.8, 4) is 17.1 Å². The van der Waals surface area contributed by atoms with Crippen molar-refractivity contribution in [2.75, 3.05) is 25.0 Å². The van der Waals surface area contributed by atoms with Crippen LogP contribution in [0, 0.1) is 12.8 Å². The monoisotopic (exact) mass is 392 g/mol. The molecule has 0 bridgehead atoms. The molecule has 1 aliphatic rings. The molecule has 1 fully saturated rings. The molecule has 7 nitrogen and oxygen atoms in total. The summed E-state index contributed by atoms with van der Waals surface area (Å²) in [4.78, 5) is 21.7. The normalized spacial score (nSPS) is 18.7. The Labute approximate surface area is 169 Å². The van der Waals surface area contributed by atoms with Gasteiger partial charge in [0.1, 0.15) is 11.6 Å². The summed E-state index contributed by atoms with van der Waals surface area (Å²) in [5.74, 6) is 0.689. The van der Waals surface area contributed by atoms with Crippen LogP contribution in [0.25, 0.3) is 22.3 Å². The Bertz CT molecular complexity index is 1050. The highest BCUT2D eigenvalue weighted by molar-refractivity contribution is 5.91. The molecule has 1 aliphatic heterocycles. The first-order valence-corrected chi connectivity index (χ1v) is 9.77. The second-order valence-electron chi connectivity index (χ2n) is 7.20. The number of para-hydroxylation sites is 1. The molecule has 2 atom stereocenters. The zero-order valence-corrected chi connectivity index (χ0v) is 16.5. The van der Waals surface area contributed by atoms with E-state index in [-0.39, 0.29) is 23.7 Å². The maximum absolute atomic E-state index is 12.3. The molecular weight excluding hydrogens is 368 g/mol. The molecule has 150 valence electrons. The fraction of sp³-hybridized carbons (Fsp3) is 0.318. The molecule has 3 aromatic rings. The van der Waals surface area contributed by atoms with E-state index < -0.39 is 0 Å². The SMILES string of the molecule is CCOC(=O)[C@@H]1CNCC1Nc1nc(-c2cc(C)ccc2O)nc2ccccc12.